The second-order valence-electron chi connectivity index (χ2n) is 6.36. The number of anilines is 3. The van der Waals surface area contributed by atoms with Crippen LogP contribution in [0.15, 0.2) is 71.8 Å². The van der Waals surface area contributed by atoms with Gasteiger partial charge in [0.05, 0.1) is 16.0 Å². The quantitative estimate of drug-likeness (QED) is 0.616. The van der Waals surface area contributed by atoms with Crippen molar-refractivity contribution in [3.05, 3.63) is 78.0 Å². The predicted molar refractivity (Wildman–Crippen MR) is 106 cm³/mol. The van der Waals surface area contributed by atoms with Crippen molar-refractivity contribution in [2.24, 2.45) is 0 Å². The molecule has 0 aliphatic heterocycles. The zero-order valence-corrected chi connectivity index (χ0v) is 16.4. The summed E-state index contributed by atoms with van der Waals surface area (Å²) in [7, 11) is -3.46. The van der Waals surface area contributed by atoms with Crippen molar-refractivity contribution in [2.45, 2.75) is 11.1 Å². The van der Waals surface area contributed by atoms with Crippen molar-refractivity contribution < 1.29 is 26.4 Å². The smallest absolute Gasteiger partial charge is 0.340 e. The lowest BCUT2D eigenvalue weighted by molar-refractivity contribution is -0.137. The minimum Gasteiger partial charge on any atom is -0.340 e. The van der Waals surface area contributed by atoms with E-state index >= 15 is 0 Å². The molecule has 0 spiro atoms. The van der Waals surface area contributed by atoms with Gasteiger partial charge in [-0.2, -0.15) is 13.2 Å². The van der Waals surface area contributed by atoms with E-state index in [4.69, 9.17) is 0 Å². The summed E-state index contributed by atoms with van der Waals surface area (Å²) in [5.41, 5.74) is -0.417. The van der Waals surface area contributed by atoms with Gasteiger partial charge in [0.15, 0.2) is 9.84 Å². The average Bonchev–Trinajstić information content (AvgIpc) is 2.67. The maximum Gasteiger partial charge on any atom is 0.416 e. The number of alkyl halides is 3. The molecule has 3 rings (SSSR count). The molecule has 0 bridgehead atoms. The van der Waals surface area contributed by atoms with E-state index in [0.717, 1.165) is 18.4 Å². The fraction of sp³-hybridized carbons (Fsp3) is 0.100. The molecule has 10 heteroatoms. The van der Waals surface area contributed by atoms with E-state index in [-0.39, 0.29) is 27.7 Å². The third-order valence-corrected chi connectivity index (χ3v) is 5.14. The molecule has 0 saturated carbocycles. The van der Waals surface area contributed by atoms with Crippen LogP contribution in [0.1, 0.15) is 15.9 Å². The zero-order chi connectivity index (χ0) is 21.9. The summed E-state index contributed by atoms with van der Waals surface area (Å²) in [5, 5.41) is 5.29. The van der Waals surface area contributed by atoms with Crippen molar-refractivity contribution in [1.29, 1.82) is 0 Å². The average molecular weight is 435 g/mol. The molecule has 1 aromatic heterocycles. The summed E-state index contributed by atoms with van der Waals surface area (Å²) >= 11 is 0. The lowest BCUT2D eigenvalue weighted by Gasteiger charge is -2.13. The largest absolute Gasteiger partial charge is 0.416 e. The molecule has 6 nitrogen and oxygen atoms in total. The normalized spacial score (nSPS) is 11.7. The standard InChI is InChI=1S/C20H16F3N3O3S/c1-30(28,29)16-8-3-7-15(12-16)26-19(27)17-9-4-10-24-18(17)25-14-6-2-5-13(11-14)20(21,22)23/h2-12H,1H3,(H,24,25)(H,26,27). The van der Waals surface area contributed by atoms with Gasteiger partial charge in [0.2, 0.25) is 0 Å². The van der Waals surface area contributed by atoms with Crippen molar-refractivity contribution in [3.8, 4) is 0 Å². The van der Waals surface area contributed by atoms with Crippen LogP contribution in [0.25, 0.3) is 0 Å². The van der Waals surface area contributed by atoms with Gasteiger partial charge in [-0.15, -0.1) is 0 Å². The molecule has 156 valence electrons. The number of halogens is 3. The molecule has 0 saturated heterocycles. The highest BCUT2D eigenvalue weighted by atomic mass is 32.2. The molecule has 2 N–H and O–H groups in total. The van der Waals surface area contributed by atoms with E-state index < -0.39 is 27.5 Å². The topological polar surface area (TPSA) is 88.2 Å². The summed E-state index contributed by atoms with van der Waals surface area (Å²) in [5.74, 6) is -0.559. The molecule has 0 radical (unpaired) electrons. The highest BCUT2D eigenvalue weighted by molar-refractivity contribution is 7.90. The third kappa shape index (κ3) is 5.15. The monoisotopic (exact) mass is 435 g/mol. The predicted octanol–water partition coefficient (Wildman–Crippen LogP) is 4.50. The van der Waals surface area contributed by atoms with E-state index in [1.54, 1.807) is 0 Å². The molecule has 30 heavy (non-hydrogen) atoms. The molecule has 0 unspecified atom stereocenters. The van der Waals surface area contributed by atoms with Crippen LogP contribution in [-0.4, -0.2) is 25.6 Å². The summed E-state index contributed by atoms with van der Waals surface area (Å²) in [4.78, 5) is 16.8. The highest BCUT2D eigenvalue weighted by Crippen LogP contribution is 2.31. The first-order valence-electron chi connectivity index (χ1n) is 8.55. The summed E-state index contributed by atoms with van der Waals surface area (Å²) in [6.07, 6.45) is -2.07. The van der Waals surface area contributed by atoms with Gasteiger partial charge in [-0.3, -0.25) is 4.79 Å². The molecule has 3 aromatic rings. The minimum absolute atomic E-state index is 0.0359. The Balaban J connectivity index is 1.86. The Morgan fingerprint density at radius 1 is 0.967 bits per heavy atom. The SMILES string of the molecule is CS(=O)(=O)c1cccc(NC(=O)c2cccnc2Nc2cccc(C(F)(F)F)c2)c1. The van der Waals surface area contributed by atoms with Gasteiger partial charge in [-0.1, -0.05) is 12.1 Å². The van der Waals surface area contributed by atoms with Crippen LogP contribution in [0, 0.1) is 0 Å². The number of nitrogens with one attached hydrogen (secondary N) is 2. The minimum atomic E-state index is -4.51. The van der Waals surface area contributed by atoms with E-state index in [1.165, 1.54) is 54.7 Å². The van der Waals surface area contributed by atoms with Crippen LogP contribution in [0.2, 0.25) is 0 Å². The first-order chi connectivity index (χ1) is 14.0. The molecule has 0 fully saturated rings. The fourth-order valence-electron chi connectivity index (χ4n) is 2.60. The van der Waals surface area contributed by atoms with Crippen LogP contribution in [-0.2, 0) is 16.0 Å². The van der Waals surface area contributed by atoms with Crippen LogP contribution in [0.4, 0.5) is 30.4 Å². The van der Waals surface area contributed by atoms with Gasteiger partial charge in [-0.25, -0.2) is 13.4 Å². The second kappa shape index (κ2) is 8.15. The highest BCUT2D eigenvalue weighted by Gasteiger charge is 2.30. The van der Waals surface area contributed by atoms with E-state index in [0.29, 0.717) is 0 Å². The van der Waals surface area contributed by atoms with E-state index in [2.05, 4.69) is 15.6 Å². The Morgan fingerprint density at radius 2 is 1.67 bits per heavy atom. The fourth-order valence-corrected chi connectivity index (χ4v) is 3.27. The lowest BCUT2D eigenvalue weighted by Crippen LogP contribution is -2.15. The van der Waals surface area contributed by atoms with Gasteiger partial charge in [0.25, 0.3) is 5.91 Å². The Bertz CT molecular complexity index is 1190. The van der Waals surface area contributed by atoms with E-state index in [9.17, 15) is 26.4 Å². The molecule has 0 atom stereocenters. The van der Waals surface area contributed by atoms with Gasteiger partial charge in [0, 0.05) is 23.8 Å². The van der Waals surface area contributed by atoms with Crippen molar-refractivity contribution in [2.75, 3.05) is 16.9 Å². The maximum absolute atomic E-state index is 12.9. The number of sulfone groups is 1. The summed E-state index contributed by atoms with van der Waals surface area (Å²) in [6.45, 7) is 0. The number of hydrogen-bond acceptors (Lipinski definition) is 5. The van der Waals surface area contributed by atoms with Gasteiger partial charge in [-0.05, 0) is 48.5 Å². The van der Waals surface area contributed by atoms with Gasteiger partial charge >= 0.3 is 6.18 Å². The summed E-state index contributed by atoms with van der Waals surface area (Å²) in [6, 6.07) is 13.2. The van der Waals surface area contributed by atoms with Crippen LogP contribution >= 0.6 is 0 Å². The zero-order valence-electron chi connectivity index (χ0n) is 15.6. The third-order valence-electron chi connectivity index (χ3n) is 4.03. The number of carbonyl (C=O) groups is 1. The maximum atomic E-state index is 12.9. The molecular formula is C20H16F3N3O3S. The van der Waals surface area contributed by atoms with Gasteiger partial charge < -0.3 is 10.6 Å². The summed E-state index contributed by atoms with van der Waals surface area (Å²) < 4.78 is 62.1. The number of hydrogen-bond donors (Lipinski definition) is 2. The lowest BCUT2D eigenvalue weighted by atomic mass is 10.1. The number of carbonyl (C=O) groups excluding carboxylic acids is 1. The van der Waals surface area contributed by atoms with Crippen LogP contribution in [0.5, 0.6) is 0 Å². The Labute approximate surface area is 170 Å². The number of pyridine rings is 1. The molecule has 1 amide bonds. The van der Waals surface area contributed by atoms with Crippen molar-refractivity contribution >= 4 is 32.9 Å². The number of nitrogens with zero attached hydrogens (tertiary/aromatic N) is 1. The Morgan fingerprint density at radius 3 is 2.37 bits per heavy atom. The number of aromatic nitrogens is 1. The molecule has 0 aliphatic rings. The molecule has 1 heterocycles. The van der Waals surface area contributed by atoms with Crippen LogP contribution in [0.3, 0.4) is 0 Å². The number of rotatable bonds is 5. The number of benzene rings is 2. The van der Waals surface area contributed by atoms with Gasteiger partial charge in [0.1, 0.15) is 5.82 Å². The molecular weight excluding hydrogens is 419 g/mol. The molecule has 2 aromatic carbocycles. The second-order valence-corrected chi connectivity index (χ2v) is 8.37. The van der Waals surface area contributed by atoms with Crippen molar-refractivity contribution in [1.82, 2.24) is 4.98 Å². The van der Waals surface area contributed by atoms with Crippen molar-refractivity contribution in [3.63, 3.8) is 0 Å². The Hall–Kier alpha value is -3.40. The van der Waals surface area contributed by atoms with Crippen LogP contribution < -0.4 is 10.6 Å². The Kier molecular flexibility index (Phi) is 5.79. The first kappa shape index (κ1) is 21.3. The van der Waals surface area contributed by atoms with E-state index in [1.807, 2.05) is 0 Å². The number of amides is 1. The molecule has 0 aliphatic carbocycles. The first-order valence-corrected chi connectivity index (χ1v) is 10.4.